The number of furan rings is 1. The standard InChI is InChI=1S/C46H32N4O/c1-3-12-32(13-4-1)44-47-45(33-14-5-2-6-15-33)49-46(48-44)34-24-22-30(23-25-34)31-26-28-37-41(29-27-31)51-42-21-11-20-40(43(37)42)50-38-18-9-7-16-35(38)36-17-8-10-19-39(36)50/h1-29,31,44H,(H,47,48,49). The number of amidine groups is 2. The molecule has 0 fully saturated rings. The molecule has 10 rings (SSSR count). The van der Waals surface area contributed by atoms with Gasteiger partial charge >= 0.3 is 0 Å². The molecule has 2 aromatic heterocycles. The molecule has 0 amide bonds. The Morgan fingerprint density at radius 2 is 1.14 bits per heavy atom. The summed E-state index contributed by atoms with van der Waals surface area (Å²) in [7, 11) is 0. The Labute approximate surface area is 295 Å². The molecule has 8 aromatic rings. The third-order valence-electron chi connectivity index (χ3n) is 9.96. The second kappa shape index (κ2) is 12.0. The molecular formula is C46H32N4O. The fraction of sp³-hybridized carbons (Fsp3) is 0.0435. The number of nitrogens with one attached hydrogen (secondary N) is 1. The van der Waals surface area contributed by atoms with E-state index in [-0.39, 0.29) is 12.1 Å². The van der Waals surface area contributed by atoms with E-state index in [2.05, 4.69) is 149 Å². The summed E-state index contributed by atoms with van der Waals surface area (Å²) in [5, 5.41) is 7.11. The largest absolute Gasteiger partial charge is 0.456 e. The lowest BCUT2D eigenvalue weighted by Gasteiger charge is -2.22. The predicted octanol–water partition coefficient (Wildman–Crippen LogP) is 10.8. The summed E-state index contributed by atoms with van der Waals surface area (Å²) in [5.41, 5.74) is 9.74. The molecule has 5 heteroatoms. The molecule has 2 atom stereocenters. The number of fused-ring (bicyclic) bond motifs is 6. The highest BCUT2D eigenvalue weighted by Gasteiger charge is 2.23. The minimum absolute atomic E-state index is 0.0804. The van der Waals surface area contributed by atoms with E-state index < -0.39 is 0 Å². The highest BCUT2D eigenvalue weighted by atomic mass is 16.3. The molecule has 1 aliphatic carbocycles. The monoisotopic (exact) mass is 656 g/mol. The van der Waals surface area contributed by atoms with E-state index in [1.165, 1.54) is 27.4 Å². The van der Waals surface area contributed by atoms with Crippen molar-refractivity contribution in [2.75, 3.05) is 0 Å². The minimum Gasteiger partial charge on any atom is -0.456 e. The minimum atomic E-state index is -0.325. The molecular weight excluding hydrogens is 625 g/mol. The third-order valence-corrected chi connectivity index (χ3v) is 9.96. The van der Waals surface area contributed by atoms with Crippen LogP contribution in [0.4, 0.5) is 0 Å². The highest BCUT2D eigenvalue weighted by molar-refractivity contribution is 6.16. The number of hydrogen-bond donors (Lipinski definition) is 1. The van der Waals surface area contributed by atoms with Gasteiger partial charge in [0.05, 0.1) is 22.1 Å². The quantitative estimate of drug-likeness (QED) is 0.200. The van der Waals surface area contributed by atoms with Gasteiger partial charge in [-0.3, -0.25) is 0 Å². The van der Waals surface area contributed by atoms with Crippen molar-refractivity contribution in [1.29, 1.82) is 0 Å². The van der Waals surface area contributed by atoms with E-state index in [0.717, 1.165) is 56.3 Å². The molecule has 0 spiro atoms. The Balaban J connectivity index is 0.994. The van der Waals surface area contributed by atoms with Gasteiger partial charge in [0.2, 0.25) is 0 Å². The van der Waals surface area contributed by atoms with Crippen molar-refractivity contribution in [2.24, 2.45) is 9.98 Å². The average molecular weight is 657 g/mol. The summed E-state index contributed by atoms with van der Waals surface area (Å²) in [5.74, 6) is 2.57. The number of rotatable bonds is 5. The zero-order valence-electron chi connectivity index (χ0n) is 27.6. The lowest BCUT2D eigenvalue weighted by atomic mass is 9.97. The summed E-state index contributed by atoms with van der Waals surface area (Å²) in [6.45, 7) is 0. The van der Waals surface area contributed by atoms with Crippen LogP contribution in [0.5, 0.6) is 0 Å². The first kappa shape index (κ1) is 29.2. The lowest BCUT2D eigenvalue weighted by molar-refractivity contribution is 0.603. The van der Waals surface area contributed by atoms with Gasteiger partial charge in [-0.15, -0.1) is 0 Å². The Bertz CT molecular complexity index is 2660. The Morgan fingerprint density at radius 1 is 0.529 bits per heavy atom. The van der Waals surface area contributed by atoms with Gasteiger partial charge in [-0.05, 0) is 41.5 Å². The number of para-hydroxylation sites is 2. The van der Waals surface area contributed by atoms with Crippen LogP contribution in [0.2, 0.25) is 0 Å². The summed E-state index contributed by atoms with van der Waals surface area (Å²) < 4.78 is 8.90. The molecule has 0 bridgehead atoms. The SMILES string of the molecule is C1=CC(c2ccc(C3=NC(c4ccccc4)N=C(c4ccccc4)N3)cc2)C=Cc2c1oc1cccc(-n3c4ccccc4c4ccccc43)c21. The van der Waals surface area contributed by atoms with Crippen molar-refractivity contribution >= 4 is 56.6 Å². The molecule has 0 saturated heterocycles. The molecule has 2 aliphatic rings. The number of allylic oxidation sites excluding steroid dienone is 2. The van der Waals surface area contributed by atoms with E-state index in [4.69, 9.17) is 14.4 Å². The average Bonchev–Trinajstić information content (AvgIpc) is 3.66. The van der Waals surface area contributed by atoms with Gasteiger partial charge in [0.25, 0.3) is 0 Å². The van der Waals surface area contributed by atoms with Gasteiger partial charge in [-0.25, -0.2) is 9.98 Å². The van der Waals surface area contributed by atoms with Crippen LogP contribution in [-0.4, -0.2) is 16.2 Å². The fourth-order valence-corrected chi connectivity index (χ4v) is 7.48. The molecule has 242 valence electrons. The van der Waals surface area contributed by atoms with Crippen LogP contribution >= 0.6 is 0 Å². The van der Waals surface area contributed by atoms with E-state index in [0.29, 0.717) is 0 Å². The normalized spacial score (nSPS) is 16.9. The second-order valence-corrected chi connectivity index (χ2v) is 13.0. The van der Waals surface area contributed by atoms with Crippen molar-refractivity contribution in [3.05, 3.63) is 197 Å². The summed E-state index contributed by atoms with van der Waals surface area (Å²) in [4.78, 5) is 10.0. The smallest absolute Gasteiger partial charge is 0.169 e. The second-order valence-electron chi connectivity index (χ2n) is 13.0. The van der Waals surface area contributed by atoms with Crippen molar-refractivity contribution in [1.82, 2.24) is 9.88 Å². The van der Waals surface area contributed by atoms with Gasteiger partial charge in [-0.2, -0.15) is 0 Å². The molecule has 1 N–H and O–H groups in total. The van der Waals surface area contributed by atoms with Gasteiger partial charge < -0.3 is 14.3 Å². The molecule has 51 heavy (non-hydrogen) atoms. The topological polar surface area (TPSA) is 54.8 Å². The summed E-state index contributed by atoms with van der Waals surface area (Å²) in [6, 6.07) is 52.8. The Morgan fingerprint density at radius 3 is 1.84 bits per heavy atom. The molecule has 6 aromatic carbocycles. The first-order chi connectivity index (χ1) is 25.3. The van der Waals surface area contributed by atoms with Gasteiger partial charge in [0.1, 0.15) is 23.0 Å². The third kappa shape index (κ3) is 5.01. The van der Waals surface area contributed by atoms with Gasteiger partial charge in [0, 0.05) is 33.4 Å². The van der Waals surface area contributed by atoms with Crippen molar-refractivity contribution in [3.63, 3.8) is 0 Å². The maximum absolute atomic E-state index is 6.52. The van der Waals surface area contributed by atoms with Crippen LogP contribution in [0.25, 0.3) is 50.6 Å². The van der Waals surface area contributed by atoms with Crippen molar-refractivity contribution in [2.45, 2.75) is 12.1 Å². The van der Waals surface area contributed by atoms with Crippen LogP contribution in [0.15, 0.2) is 178 Å². The van der Waals surface area contributed by atoms with E-state index >= 15 is 0 Å². The van der Waals surface area contributed by atoms with Crippen LogP contribution in [-0.2, 0) is 0 Å². The number of nitrogens with zero attached hydrogens (tertiary/aromatic N) is 3. The van der Waals surface area contributed by atoms with E-state index in [9.17, 15) is 0 Å². The zero-order chi connectivity index (χ0) is 33.7. The van der Waals surface area contributed by atoms with E-state index in [1.807, 2.05) is 36.4 Å². The predicted molar refractivity (Wildman–Crippen MR) is 210 cm³/mol. The first-order valence-corrected chi connectivity index (χ1v) is 17.3. The van der Waals surface area contributed by atoms with Gasteiger partial charge in [0.15, 0.2) is 6.17 Å². The molecule has 2 unspecified atom stereocenters. The van der Waals surface area contributed by atoms with Gasteiger partial charge in [-0.1, -0.05) is 146 Å². The van der Waals surface area contributed by atoms with E-state index in [1.54, 1.807) is 0 Å². The molecule has 3 heterocycles. The molecule has 0 saturated carbocycles. The van der Waals surface area contributed by atoms with Crippen LogP contribution in [0.3, 0.4) is 0 Å². The Kier molecular flexibility index (Phi) is 6.88. The summed E-state index contributed by atoms with van der Waals surface area (Å²) >= 11 is 0. The number of benzene rings is 6. The fourth-order valence-electron chi connectivity index (χ4n) is 7.48. The Hall–Kier alpha value is -6.72. The maximum atomic E-state index is 6.52. The lowest BCUT2D eigenvalue weighted by Crippen LogP contribution is -2.36. The first-order valence-electron chi connectivity index (χ1n) is 17.3. The number of hydrogen-bond acceptors (Lipinski definition) is 4. The molecule has 0 radical (unpaired) electrons. The zero-order valence-corrected chi connectivity index (χ0v) is 27.6. The molecule has 1 aliphatic heterocycles. The molecule has 5 nitrogen and oxygen atoms in total. The number of aliphatic imine (C=N–C) groups is 2. The van der Waals surface area contributed by atoms with Crippen molar-refractivity contribution in [3.8, 4) is 5.69 Å². The van der Waals surface area contributed by atoms with Crippen LogP contribution < -0.4 is 5.32 Å². The number of aromatic nitrogens is 1. The summed E-state index contributed by atoms with van der Waals surface area (Å²) in [6.07, 6.45) is 8.54. The van der Waals surface area contributed by atoms with Crippen LogP contribution in [0, 0.1) is 0 Å². The van der Waals surface area contributed by atoms with Crippen molar-refractivity contribution < 1.29 is 4.42 Å². The maximum Gasteiger partial charge on any atom is 0.169 e. The highest BCUT2D eigenvalue weighted by Crippen LogP contribution is 2.40. The van der Waals surface area contributed by atoms with Crippen LogP contribution in [0.1, 0.15) is 45.7 Å².